The molecule has 1 N–H and O–H groups in total. The molecular weight excluding hydrogens is 282 g/mol. The van der Waals surface area contributed by atoms with Crippen molar-refractivity contribution in [3.05, 3.63) is 50.2 Å². The summed E-state index contributed by atoms with van der Waals surface area (Å²) in [7, 11) is 0. The Hall–Kier alpha value is -1.65. The molecule has 1 amide bonds. The van der Waals surface area contributed by atoms with Crippen LogP contribution in [0.1, 0.15) is 25.7 Å². The van der Waals surface area contributed by atoms with Gasteiger partial charge in [-0.2, -0.15) is 0 Å². The molecule has 0 atom stereocenters. The molecule has 0 unspecified atom stereocenters. The smallest absolute Gasteiger partial charge is 0.228 e. The molecule has 96 valence electrons. The van der Waals surface area contributed by atoms with Crippen molar-refractivity contribution in [2.24, 2.45) is 0 Å². The summed E-state index contributed by atoms with van der Waals surface area (Å²) >= 11 is 7.58. The number of hydrogen-bond donors (Lipinski definition) is 1. The number of thiophene rings is 1. The van der Waals surface area contributed by atoms with Gasteiger partial charge < -0.3 is 5.32 Å². The van der Waals surface area contributed by atoms with Crippen molar-refractivity contribution in [3.63, 3.8) is 0 Å². The normalized spacial score (nSPS) is 13.3. The van der Waals surface area contributed by atoms with Crippen LogP contribution < -0.4 is 5.32 Å². The molecule has 1 aromatic carbocycles. The van der Waals surface area contributed by atoms with Gasteiger partial charge in [-0.25, -0.2) is 0 Å². The molecule has 0 fully saturated rings. The Morgan fingerprint density at radius 1 is 1.37 bits per heavy atom. The van der Waals surface area contributed by atoms with E-state index in [0.717, 1.165) is 10.4 Å². The molecule has 19 heavy (non-hydrogen) atoms. The largest absolute Gasteiger partial charge is 0.325 e. The maximum absolute atomic E-state index is 12.4. The minimum absolute atomic E-state index is 0.0670. The highest BCUT2D eigenvalue weighted by Crippen LogP contribution is 2.32. The molecule has 0 spiro atoms. The SMILES string of the molecule is Cc1ccc(C(=O)c2cc3c(cc2Cl)NC(=O)C3)s1. The lowest BCUT2D eigenvalue weighted by atomic mass is 10.0. The monoisotopic (exact) mass is 291 g/mol. The first-order valence-corrected chi connectivity index (χ1v) is 6.97. The Labute approximate surface area is 119 Å². The Bertz CT molecular complexity index is 705. The van der Waals surface area contributed by atoms with Gasteiger partial charge in [0, 0.05) is 16.1 Å². The van der Waals surface area contributed by atoms with Crippen LogP contribution in [-0.2, 0) is 11.2 Å². The highest BCUT2D eigenvalue weighted by atomic mass is 35.5. The minimum Gasteiger partial charge on any atom is -0.325 e. The van der Waals surface area contributed by atoms with Gasteiger partial charge in [0.15, 0.2) is 0 Å². The topological polar surface area (TPSA) is 46.2 Å². The standard InChI is InChI=1S/C14H10ClNO2S/c1-7-2-3-12(19-7)14(18)9-4-8-5-13(17)16-11(8)6-10(9)15/h2-4,6H,5H2,1H3,(H,16,17). The molecule has 3 nitrogen and oxygen atoms in total. The van der Waals surface area contributed by atoms with Gasteiger partial charge in [-0.05, 0) is 36.8 Å². The van der Waals surface area contributed by atoms with E-state index in [0.29, 0.717) is 27.6 Å². The number of carbonyl (C=O) groups excluding carboxylic acids is 2. The second-order valence-corrected chi connectivity index (χ2v) is 6.15. The Morgan fingerprint density at radius 2 is 2.16 bits per heavy atom. The fourth-order valence-electron chi connectivity index (χ4n) is 2.11. The van der Waals surface area contributed by atoms with Crippen molar-refractivity contribution >= 4 is 40.3 Å². The van der Waals surface area contributed by atoms with Crippen LogP contribution in [0, 0.1) is 6.92 Å². The van der Waals surface area contributed by atoms with E-state index < -0.39 is 0 Å². The molecule has 0 bridgehead atoms. The van der Waals surface area contributed by atoms with Crippen molar-refractivity contribution in [1.82, 2.24) is 0 Å². The number of fused-ring (bicyclic) bond motifs is 1. The van der Waals surface area contributed by atoms with Crippen molar-refractivity contribution in [1.29, 1.82) is 0 Å². The third-order valence-electron chi connectivity index (χ3n) is 3.03. The summed E-state index contributed by atoms with van der Waals surface area (Å²) < 4.78 is 0. The van der Waals surface area contributed by atoms with Crippen LogP contribution in [0.15, 0.2) is 24.3 Å². The molecule has 0 aliphatic carbocycles. The Kier molecular flexibility index (Phi) is 2.92. The molecule has 1 aliphatic rings. The van der Waals surface area contributed by atoms with E-state index in [4.69, 9.17) is 11.6 Å². The first-order valence-electron chi connectivity index (χ1n) is 5.78. The zero-order valence-corrected chi connectivity index (χ0v) is 11.7. The summed E-state index contributed by atoms with van der Waals surface area (Å²) in [6, 6.07) is 7.07. The highest BCUT2D eigenvalue weighted by molar-refractivity contribution is 7.14. The zero-order valence-electron chi connectivity index (χ0n) is 10.1. The van der Waals surface area contributed by atoms with Gasteiger partial charge in [-0.15, -0.1) is 11.3 Å². The maximum Gasteiger partial charge on any atom is 0.228 e. The average Bonchev–Trinajstić information content (AvgIpc) is 2.92. The first-order chi connectivity index (χ1) is 9.04. The lowest BCUT2D eigenvalue weighted by Gasteiger charge is -2.05. The number of benzene rings is 1. The quantitative estimate of drug-likeness (QED) is 0.862. The first kappa shape index (κ1) is 12.4. The fraction of sp³-hybridized carbons (Fsp3) is 0.143. The van der Waals surface area contributed by atoms with Crippen LogP contribution in [0.2, 0.25) is 5.02 Å². The van der Waals surface area contributed by atoms with Crippen molar-refractivity contribution in [2.75, 3.05) is 5.32 Å². The van der Waals surface area contributed by atoms with Crippen LogP contribution in [0.5, 0.6) is 0 Å². The van der Waals surface area contributed by atoms with E-state index in [-0.39, 0.29) is 11.7 Å². The van der Waals surface area contributed by atoms with E-state index in [1.165, 1.54) is 11.3 Å². The van der Waals surface area contributed by atoms with Crippen LogP contribution in [0.4, 0.5) is 5.69 Å². The van der Waals surface area contributed by atoms with Gasteiger partial charge in [0.05, 0.1) is 16.3 Å². The molecule has 2 aromatic rings. The number of amides is 1. The Morgan fingerprint density at radius 3 is 2.84 bits per heavy atom. The van der Waals surface area contributed by atoms with Gasteiger partial charge in [0.1, 0.15) is 0 Å². The van der Waals surface area contributed by atoms with Gasteiger partial charge >= 0.3 is 0 Å². The number of aryl methyl sites for hydroxylation is 1. The number of rotatable bonds is 2. The number of hydrogen-bond acceptors (Lipinski definition) is 3. The molecular formula is C14H10ClNO2S. The summed E-state index contributed by atoms with van der Waals surface area (Å²) in [6.07, 6.45) is 0.302. The molecule has 0 saturated heterocycles. The van der Waals surface area contributed by atoms with Crippen molar-refractivity contribution in [2.45, 2.75) is 13.3 Å². The molecule has 1 aliphatic heterocycles. The van der Waals surface area contributed by atoms with Gasteiger partial charge in [0.25, 0.3) is 0 Å². The van der Waals surface area contributed by atoms with Crippen LogP contribution >= 0.6 is 22.9 Å². The van der Waals surface area contributed by atoms with E-state index >= 15 is 0 Å². The summed E-state index contributed by atoms with van der Waals surface area (Å²) in [6.45, 7) is 1.95. The van der Waals surface area contributed by atoms with Gasteiger partial charge in [-0.1, -0.05) is 11.6 Å². The lowest BCUT2D eigenvalue weighted by molar-refractivity contribution is -0.115. The summed E-state index contributed by atoms with van der Waals surface area (Å²) in [5.74, 6) is -0.159. The zero-order chi connectivity index (χ0) is 13.6. The van der Waals surface area contributed by atoms with Crippen LogP contribution in [0.25, 0.3) is 0 Å². The number of nitrogens with one attached hydrogen (secondary N) is 1. The van der Waals surface area contributed by atoms with Crippen LogP contribution in [-0.4, -0.2) is 11.7 Å². The van der Waals surface area contributed by atoms with Gasteiger partial charge in [0.2, 0.25) is 11.7 Å². The third-order valence-corrected chi connectivity index (χ3v) is 4.34. The molecule has 0 radical (unpaired) electrons. The second-order valence-electron chi connectivity index (χ2n) is 4.45. The minimum atomic E-state index is -0.0924. The third kappa shape index (κ3) is 2.17. The summed E-state index contributed by atoms with van der Waals surface area (Å²) in [4.78, 5) is 25.5. The molecule has 1 aromatic heterocycles. The molecule has 5 heteroatoms. The molecule has 3 rings (SSSR count). The van der Waals surface area contributed by atoms with Crippen molar-refractivity contribution in [3.8, 4) is 0 Å². The van der Waals surface area contributed by atoms with E-state index in [1.807, 2.05) is 13.0 Å². The summed E-state index contributed by atoms with van der Waals surface area (Å²) in [5.41, 5.74) is 1.98. The molecule has 2 heterocycles. The van der Waals surface area contributed by atoms with E-state index in [1.54, 1.807) is 18.2 Å². The van der Waals surface area contributed by atoms with Crippen LogP contribution in [0.3, 0.4) is 0 Å². The average molecular weight is 292 g/mol. The molecule has 0 saturated carbocycles. The fourth-order valence-corrected chi connectivity index (χ4v) is 3.18. The van der Waals surface area contributed by atoms with Gasteiger partial charge in [-0.3, -0.25) is 9.59 Å². The maximum atomic E-state index is 12.4. The number of halogens is 1. The predicted octanol–water partition coefficient (Wildman–Crippen LogP) is 3.44. The number of ketones is 1. The lowest BCUT2D eigenvalue weighted by Crippen LogP contribution is -2.03. The van der Waals surface area contributed by atoms with Crippen molar-refractivity contribution < 1.29 is 9.59 Å². The number of carbonyl (C=O) groups is 2. The second kappa shape index (κ2) is 4.47. The van der Waals surface area contributed by atoms with E-state index in [9.17, 15) is 9.59 Å². The predicted molar refractivity (Wildman–Crippen MR) is 76.3 cm³/mol. The highest BCUT2D eigenvalue weighted by Gasteiger charge is 2.22. The summed E-state index contributed by atoms with van der Waals surface area (Å²) in [5, 5.41) is 3.09. The van der Waals surface area contributed by atoms with E-state index in [2.05, 4.69) is 5.32 Å². The Balaban J connectivity index is 2.04. The number of anilines is 1.